The first-order chi connectivity index (χ1) is 9.61. The first-order valence-electron chi connectivity index (χ1n) is 6.40. The Morgan fingerprint density at radius 1 is 1.40 bits per heavy atom. The van der Waals surface area contributed by atoms with Crippen molar-refractivity contribution >= 4 is 17.0 Å². The molecule has 7 heteroatoms. The molecular weight excluding hydrogens is 276 g/mol. The molecule has 0 saturated carbocycles. The van der Waals surface area contributed by atoms with Crippen LogP contribution in [0.1, 0.15) is 17.5 Å². The minimum atomic E-state index is -0.393. The third-order valence-corrected chi connectivity index (χ3v) is 3.91. The number of rotatable bonds is 6. The smallest absolute Gasteiger partial charge is 0.270 e. The minimum Gasteiger partial charge on any atom is -0.317 e. The van der Waals surface area contributed by atoms with Crippen LogP contribution in [0.5, 0.6) is 0 Å². The number of benzene rings is 1. The molecule has 1 aromatic heterocycles. The van der Waals surface area contributed by atoms with E-state index in [1.165, 1.54) is 17.4 Å². The summed E-state index contributed by atoms with van der Waals surface area (Å²) >= 11 is 1.49. The van der Waals surface area contributed by atoms with E-state index in [0.29, 0.717) is 0 Å². The number of hydrogen-bond donors (Lipinski definition) is 1. The molecule has 0 atom stereocenters. The highest BCUT2D eigenvalue weighted by molar-refractivity contribution is 7.14. The van der Waals surface area contributed by atoms with E-state index in [-0.39, 0.29) is 5.69 Å². The van der Waals surface area contributed by atoms with Crippen LogP contribution in [-0.4, -0.2) is 28.2 Å². The van der Waals surface area contributed by atoms with Gasteiger partial charge in [-0.1, -0.05) is 24.3 Å². The standard InChI is InChI=1S/C13H16N4O2S/c1-3-14-7-6-12-15-16-13(20-12)11-8-10(17(18)19)5-4-9(11)2/h4-5,8,14H,3,6-7H2,1-2H3. The van der Waals surface area contributed by atoms with Gasteiger partial charge in [0, 0.05) is 30.7 Å². The second-order valence-corrected chi connectivity index (χ2v) is 5.42. The Kier molecular flexibility index (Phi) is 4.75. The summed E-state index contributed by atoms with van der Waals surface area (Å²) in [5.41, 5.74) is 1.83. The van der Waals surface area contributed by atoms with Crippen molar-refractivity contribution in [3.8, 4) is 10.6 Å². The van der Waals surface area contributed by atoms with E-state index in [2.05, 4.69) is 22.4 Å². The Bertz CT molecular complexity index is 612. The molecule has 0 spiro atoms. The van der Waals surface area contributed by atoms with Gasteiger partial charge in [-0.25, -0.2) is 0 Å². The predicted octanol–water partition coefficient (Wildman–Crippen LogP) is 2.57. The number of aryl methyl sites for hydroxylation is 1. The average Bonchev–Trinajstić information content (AvgIpc) is 2.88. The molecule has 106 valence electrons. The van der Waals surface area contributed by atoms with Crippen molar-refractivity contribution in [3.63, 3.8) is 0 Å². The van der Waals surface area contributed by atoms with E-state index >= 15 is 0 Å². The van der Waals surface area contributed by atoms with Crippen LogP contribution in [0.2, 0.25) is 0 Å². The fourth-order valence-corrected chi connectivity index (χ4v) is 2.71. The Balaban J connectivity index is 2.23. The quantitative estimate of drug-likeness (QED) is 0.503. The summed E-state index contributed by atoms with van der Waals surface area (Å²) in [6.45, 7) is 5.76. The molecule has 1 aromatic carbocycles. The summed E-state index contributed by atoms with van der Waals surface area (Å²) < 4.78 is 0. The van der Waals surface area contributed by atoms with Gasteiger partial charge in [-0.05, 0) is 19.0 Å². The molecule has 2 aromatic rings. The lowest BCUT2D eigenvalue weighted by Crippen LogP contribution is -2.15. The fourth-order valence-electron chi connectivity index (χ4n) is 1.79. The van der Waals surface area contributed by atoms with E-state index in [1.54, 1.807) is 12.1 Å². The topological polar surface area (TPSA) is 81.0 Å². The summed E-state index contributed by atoms with van der Waals surface area (Å²) in [4.78, 5) is 10.4. The largest absolute Gasteiger partial charge is 0.317 e. The molecular formula is C13H16N4O2S. The summed E-state index contributed by atoms with van der Waals surface area (Å²) in [7, 11) is 0. The van der Waals surface area contributed by atoms with Gasteiger partial charge >= 0.3 is 0 Å². The highest BCUT2D eigenvalue weighted by atomic mass is 32.1. The Morgan fingerprint density at radius 3 is 2.90 bits per heavy atom. The molecule has 0 saturated heterocycles. The van der Waals surface area contributed by atoms with Crippen molar-refractivity contribution in [1.29, 1.82) is 0 Å². The van der Waals surface area contributed by atoms with Gasteiger partial charge in [-0.2, -0.15) is 0 Å². The molecule has 2 rings (SSSR count). The van der Waals surface area contributed by atoms with E-state index in [4.69, 9.17) is 0 Å². The number of nitro groups is 1. The van der Waals surface area contributed by atoms with Crippen LogP contribution >= 0.6 is 11.3 Å². The molecule has 0 aliphatic carbocycles. The van der Waals surface area contributed by atoms with Crippen LogP contribution in [0.25, 0.3) is 10.6 Å². The van der Waals surface area contributed by atoms with E-state index in [9.17, 15) is 10.1 Å². The van der Waals surface area contributed by atoms with Crippen LogP contribution in [-0.2, 0) is 6.42 Å². The molecule has 0 unspecified atom stereocenters. The first-order valence-corrected chi connectivity index (χ1v) is 7.22. The molecule has 1 heterocycles. The molecule has 0 amide bonds. The molecule has 0 aliphatic rings. The summed E-state index contributed by atoms with van der Waals surface area (Å²) in [5.74, 6) is 0. The number of hydrogen-bond acceptors (Lipinski definition) is 6. The third-order valence-electron chi connectivity index (χ3n) is 2.89. The second-order valence-electron chi connectivity index (χ2n) is 4.36. The lowest BCUT2D eigenvalue weighted by Gasteiger charge is -2.01. The van der Waals surface area contributed by atoms with Crippen LogP contribution in [0.3, 0.4) is 0 Å². The molecule has 0 radical (unpaired) electrons. The average molecular weight is 292 g/mol. The zero-order chi connectivity index (χ0) is 14.5. The van der Waals surface area contributed by atoms with Gasteiger partial charge in [0.25, 0.3) is 5.69 Å². The maximum Gasteiger partial charge on any atom is 0.270 e. The van der Waals surface area contributed by atoms with Crippen LogP contribution in [0.15, 0.2) is 18.2 Å². The number of nitrogens with one attached hydrogen (secondary N) is 1. The predicted molar refractivity (Wildman–Crippen MR) is 79.0 cm³/mol. The van der Waals surface area contributed by atoms with Crippen molar-refractivity contribution in [2.75, 3.05) is 13.1 Å². The molecule has 0 aliphatic heterocycles. The van der Waals surface area contributed by atoms with Crippen molar-refractivity contribution in [3.05, 3.63) is 38.9 Å². The first kappa shape index (κ1) is 14.5. The summed E-state index contributed by atoms with van der Waals surface area (Å²) in [6, 6.07) is 4.81. The molecule has 0 bridgehead atoms. The Hall–Kier alpha value is -1.86. The maximum atomic E-state index is 10.8. The van der Waals surface area contributed by atoms with Crippen LogP contribution in [0, 0.1) is 17.0 Å². The highest BCUT2D eigenvalue weighted by Crippen LogP contribution is 2.29. The number of nitro benzene ring substituents is 1. The fraction of sp³-hybridized carbons (Fsp3) is 0.385. The van der Waals surface area contributed by atoms with Gasteiger partial charge in [0.2, 0.25) is 0 Å². The van der Waals surface area contributed by atoms with Gasteiger partial charge < -0.3 is 5.32 Å². The highest BCUT2D eigenvalue weighted by Gasteiger charge is 2.13. The monoisotopic (exact) mass is 292 g/mol. The van der Waals surface area contributed by atoms with Crippen molar-refractivity contribution in [2.45, 2.75) is 20.3 Å². The van der Waals surface area contributed by atoms with Gasteiger partial charge in [-0.3, -0.25) is 10.1 Å². The van der Waals surface area contributed by atoms with Crippen molar-refractivity contribution in [2.24, 2.45) is 0 Å². The molecule has 1 N–H and O–H groups in total. The Morgan fingerprint density at radius 2 is 2.20 bits per heavy atom. The molecule has 20 heavy (non-hydrogen) atoms. The normalized spacial score (nSPS) is 10.7. The lowest BCUT2D eigenvalue weighted by atomic mass is 10.1. The van der Waals surface area contributed by atoms with Crippen LogP contribution in [0.4, 0.5) is 5.69 Å². The number of nitrogens with zero attached hydrogens (tertiary/aromatic N) is 3. The Labute approximate surface area is 121 Å². The summed E-state index contributed by atoms with van der Waals surface area (Å²) in [6.07, 6.45) is 0.819. The van der Waals surface area contributed by atoms with E-state index in [1.807, 2.05) is 6.92 Å². The lowest BCUT2D eigenvalue weighted by molar-refractivity contribution is -0.384. The van der Waals surface area contributed by atoms with Crippen LogP contribution < -0.4 is 5.32 Å². The van der Waals surface area contributed by atoms with Gasteiger partial charge in [-0.15, -0.1) is 10.2 Å². The second kappa shape index (κ2) is 6.53. The number of non-ortho nitro benzene ring substituents is 1. The molecule has 0 fully saturated rings. The zero-order valence-electron chi connectivity index (χ0n) is 11.4. The van der Waals surface area contributed by atoms with Gasteiger partial charge in [0.1, 0.15) is 10.0 Å². The third kappa shape index (κ3) is 3.37. The van der Waals surface area contributed by atoms with E-state index < -0.39 is 4.92 Å². The summed E-state index contributed by atoms with van der Waals surface area (Å²) in [5, 5.41) is 24.0. The zero-order valence-corrected chi connectivity index (χ0v) is 12.2. The van der Waals surface area contributed by atoms with Gasteiger partial charge in [0.15, 0.2) is 0 Å². The van der Waals surface area contributed by atoms with Gasteiger partial charge in [0.05, 0.1) is 4.92 Å². The maximum absolute atomic E-state index is 10.8. The van der Waals surface area contributed by atoms with Crippen molar-refractivity contribution < 1.29 is 4.92 Å². The number of aromatic nitrogens is 2. The molecule has 6 nitrogen and oxygen atoms in total. The SMILES string of the molecule is CCNCCc1nnc(-c2cc([N+](=O)[O-])ccc2C)s1. The van der Waals surface area contributed by atoms with Crippen molar-refractivity contribution in [1.82, 2.24) is 15.5 Å². The minimum absolute atomic E-state index is 0.0787. The van der Waals surface area contributed by atoms with E-state index in [0.717, 1.165) is 40.7 Å². The number of likely N-dealkylation sites (N-methyl/N-ethyl adjacent to an activating group) is 1.